The third-order valence-electron chi connectivity index (χ3n) is 4.69. The number of rotatable bonds is 3. The molecule has 1 saturated carbocycles. The Bertz CT molecular complexity index is 874. The predicted octanol–water partition coefficient (Wildman–Crippen LogP) is 0.782. The molecule has 2 radical (unpaired) electrons. The average molecular weight is 338 g/mol. The number of benzene rings is 1. The van der Waals surface area contributed by atoms with Gasteiger partial charge in [-0.2, -0.15) is 0 Å². The maximum Gasteiger partial charge on any atom is 0.254 e. The normalized spacial score (nSPS) is 17.3. The van der Waals surface area contributed by atoms with Crippen LogP contribution in [0.15, 0.2) is 30.6 Å². The average Bonchev–Trinajstić information content (AvgIpc) is 3.35. The van der Waals surface area contributed by atoms with Crippen molar-refractivity contribution in [1.29, 1.82) is 0 Å². The highest BCUT2D eigenvalue weighted by Crippen LogP contribution is 2.51. The highest BCUT2D eigenvalue weighted by Gasteiger charge is 2.51. The summed E-state index contributed by atoms with van der Waals surface area (Å²) >= 11 is 0. The van der Waals surface area contributed by atoms with Crippen molar-refractivity contribution in [2.45, 2.75) is 18.3 Å². The van der Waals surface area contributed by atoms with E-state index in [1.54, 1.807) is 12.1 Å². The van der Waals surface area contributed by atoms with Crippen LogP contribution in [-0.2, 0) is 10.2 Å². The Balaban J connectivity index is 0.00000196. The first-order chi connectivity index (χ1) is 12.0. The van der Waals surface area contributed by atoms with Crippen molar-refractivity contribution in [2.24, 2.45) is 0 Å². The molecule has 1 N–H and O–H groups in total. The zero-order valence-corrected chi connectivity index (χ0v) is 13.3. The maximum atomic E-state index is 12.8. The molecule has 2 aliphatic rings. The lowest BCUT2D eigenvalue weighted by atomic mass is 9.82. The number of anilines is 1. The second kappa shape index (κ2) is 5.65. The first kappa shape index (κ1) is 15.7. The molecule has 6 nitrogen and oxygen atoms in total. The van der Waals surface area contributed by atoms with Crippen molar-refractivity contribution in [3.05, 3.63) is 47.5 Å². The summed E-state index contributed by atoms with van der Waals surface area (Å²) in [7, 11) is 5.86. The molecule has 2 aromatic rings. The Morgan fingerprint density at radius 3 is 2.76 bits per heavy atom. The largest absolute Gasteiger partial charge is 0.328 e. The van der Waals surface area contributed by atoms with Gasteiger partial charge in [0.05, 0.1) is 12.4 Å². The van der Waals surface area contributed by atoms with E-state index in [4.69, 9.17) is 7.85 Å². The van der Waals surface area contributed by atoms with Crippen LogP contribution in [0.5, 0.6) is 0 Å². The molecule has 0 saturated heterocycles. The van der Waals surface area contributed by atoms with E-state index in [-0.39, 0.29) is 25.2 Å². The van der Waals surface area contributed by atoms with Crippen LogP contribution in [0.3, 0.4) is 0 Å². The molecule has 1 aromatic heterocycles. The molecule has 4 rings (SSSR count). The van der Waals surface area contributed by atoms with Gasteiger partial charge < -0.3 is 4.90 Å². The lowest BCUT2D eigenvalue weighted by Gasteiger charge is -2.34. The standard InChI is InChI=1S/C17H14BFN4O2.H2/c18-10-1-2-12-13(5-10)17(3-4-17)9-23(15(12)25)8-14(24)22-16-20-6-11(19)7-21-16;/h1-2,5-7H,3-4,8-9H2,(H,20,21,22,24);1H. The molecule has 0 bridgehead atoms. The zero-order chi connectivity index (χ0) is 17.6. The smallest absolute Gasteiger partial charge is 0.254 e. The van der Waals surface area contributed by atoms with Crippen LogP contribution in [-0.4, -0.2) is 47.6 Å². The number of fused-ring (bicyclic) bond motifs is 2. The van der Waals surface area contributed by atoms with Gasteiger partial charge >= 0.3 is 0 Å². The molecule has 0 unspecified atom stereocenters. The van der Waals surface area contributed by atoms with Gasteiger partial charge in [-0.15, -0.1) is 0 Å². The van der Waals surface area contributed by atoms with Crippen LogP contribution < -0.4 is 10.8 Å². The molecule has 2 amide bonds. The van der Waals surface area contributed by atoms with Crippen molar-refractivity contribution < 1.29 is 15.4 Å². The monoisotopic (exact) mass is 338 g/mol. The molecule has 1 aliphatic heterocycles. The molecular formula is C17H16BFN4O2. The molecule has 1 aromatic carbocycles. The first-order valence-electron chi connectivity index (χ1n) is 7.94. The van der Waals surface area contributed by atoms with Crippen LogP contribution in [0.4, 0.5) is 10.3 Å². The van der Waals surface area contributed by atoms with Crippen LogP contribution in [0, 0.1) is 5.82 Å². The SMILES string of the molecule is [B]c1ccc2c(c1)C1(CC1)CN(CC(=O)Nc1ncc(F)cn1)C2=O.[HH]. The van der Waals surface area contributed by atoms with E-state index >= 15 is 0 Å². The number of carbonyl (C=O) groups is 2. The fourth-order valence-electron chi connectivity index (χ4n) is 3.30. The van der Waals surface area contributed by atoms with E-state index in [1.165, 1.54) is 4.90 Å². The third-order valence-corrected chi connectivity index (χ3v) is 4.69. The summed E-state index contributed by atoms with van der Waals surface area (Å²) in [5.74, 6) is -1.20. The Labute approximate surface area is 146 Å². The van der Waals surface area contributed by atoms with Crippen molar-refractivity contribution >= 4 is 31.1 Å². The van der Waals surface area contributed by atoms with Crippen LogP contribution >= 0.6 is 0 Å². The van der Waals surface area contributed by atoms with E-state index in [9.17, 15) is 14.0 Å². The zero-order valence-electron chi connectivity index (χ0n) is 13.3. The topological polar surface area (TPSA) is 75.2 Å². The fourth-order valence-corrected chi connectivity index (χ4v) is 3.30. The second-order valence-corrected chi connectivity index (χ2v) is 6.52. The summed E-state index contributed by atoms with van der Waals surface area (Å²) in [6.07, 6.45) is 3.87. The van der Waals surface area contributed by atoms with Gasteiger partial charge in [-0.05, 0) is 24.5 Å². The van der Waals surface area contributed by atoms with E-state index in [2.05, 4.69) is 15.3 Å². The minimum absolute atomic E-state index is 0. The van der Waals surface area contributed by atoms with Gasteiger partial charge in [0.25, 0.3) is 5.91 Å². The van der Waals surface area contributed by atoms with Crippen LogP contribution in [0.1, 0.15) is 30.2 Å². The van der Waals surface area contributed by atoms with Gasteiger partial charge in [0, 0.05) is 18.9 Å². The predicted molar refractivity (Wildman–Crippen MR) is 91.4 cm³/mol. The fraction of sp³-hybridized carbons (Fsp3) is 0.294. The first-order valence-corrected chi connectivity index (χ1v) is 7.94. The van der Waals surface area contributed by atoms with E-state index in [0.717, 1.165) is 30.8 Å². The lowest BCUT2D eigenvalue weighted by molar-refractivity contribution is -0.117. The summed E-state index contributed by atoms with van der Waals surface area (Å²) in [5, 5.41) is 2.48. The van der Waals surface area contributed by atoms with E-state index in [0.29, 0.717) is 17.6 Å². The number of halogens is 1. The van der Waals surface area contributed by atoms with Gasteiger partial charge in [0.1, 0.15) is 14.4 Å². The van der Waals surface area contributed by atoms with Gasteiger partial charge in [-0.25, -0.2) is 14.4 Å². The molecule has 1 fully saturated rings. The quantitative estimate of drug-likeness (QED) is 0.840. The van der Waals surface area contributed by atoms with Crippen molar-refractivity contribution in [3.8, 4) is 0 Å². The molecule has 2 heterocycles. The number of carbonyl (C=O) groups excluding carboxylic acids is 2. The molecule has 1 aliphatic carbocycles. The summed E-state index contributed by atoms with van der Waals surface area (Å²) in [5.41, 5.74) is 2.13. The number of nitrogens with zero attached hydrogens (tertiary/aromatic N) is 3. The van der Waals surface area contributed by atoms with Crippen molar-refractivity contribution in [3.63, 3.8) is 0 Å². The number of hydrogen-bond acceptors (Lipinski definition) is 4. The second-order valence-electron chi connectivity index (χ2n) is 6.52. The van der Waals surface area contributed by atoms with Crippen LogP contribution in [0.25, 0.3) is 0 Å². The summed E-state index contributed by atoms with van der Waals surface area (Å²) in [4.78, 5) is 33.8. The number of amides is 2. The Hall–Kier alpha value is -2.77. The highest BCUT2D eigenvalue weighted by atomic mass is 19.1. The van der Waals surface area contributed by atoms with Crippen molar-refractivity contribution in [1.82, 2.24) is 14.9 Å². The van der Waals surface area contributed by atoms with Gasteiger partial charge in [0.15, 0.2) is 5.82 Å². The molecular weight excluding hydrogens is 322 g/mol. The Morgan fingerprint density at radius 2 is 2.08 bits per heavy atom. The summed E-state index contributed by atoms with van der Waals surface area (Å²) < 4.78 is 12.8. The Morgan fingerprint density at radius 1 is 1.36 bits per heavy atom. The molecule has 25 heavy (non-hydrogen) atoms. The Kier molecular flexibility index (Phi) is 3.56. The van der Waals surface area contributed by atoms with Gasteiger partial charge in [-0.1, -0.05) is 17.6 Å². The lowest BCUT2D eigenvalue weighted by Crippen LogP contribution is -2.47. The minimum Gasteiger partial charge on any atom is -0.328 e. The third kappa shape index (κ3) is 2.88. The summed E-state index contributed by atoms with van der Waals surface area (Å²) in [6.45, 7) is 0.380. The van der Waals surface area contributed by atoms with E-state index in [1.807, 2.05) is 6.07 Å². The molecule has 8 heteroatoms. The number of aromatic nitrogens is 2. The maximum absolute atomic E-state index is 12.8. The summed E-state index contributed by atoms with van der Waals surface area (Å²) in [6, 6.07) is 5.28. The van der Waals surface area contributed by atoms with Gasteiger partial charge in [-0.3, -0.25) is 14.9 Å². The highest BCUT2D eigenvalue weighted by molar-refractivity contribution is 6.32. The van der Waals surface area contributed by atoms with Gasteiger partial charge in [0.2, 0.25) is 11.9 Å². The number of nitrogens with one attached hydrogen (secondary N) is 1. The van der Waals surface area contributed by atoms with Crippen LogP contribution in [0.2, 0.25) is 0 Å². The molecule has 126 valence electrons. The van der Waals surface area contributed by atoms with Crippen molar-refractivity contribution in [2.75, 3.05) is 18.4 Å². The molecule has 0 atom stereocenters. The number of hydrogen-bond donors (Lipinski definition) is 1. The van der Waals surface area contributed by atoms with E-state index < -0.39 is 11.7 Å². The minimum atomic E-state index is -0.587. The molecule has 1 spiro atoms.